The van der Waals surface area contributed by atoms with Crippen molar-refractivity contribution in [3.05, 3.63) is 324 Å². The van der Waals surface area contributed by atoms with Crippen LogP contribution in [0.4, 0.5) is 51.2 Å². The fourth-order valence-electron chi connectivity index (χ4n) is 13.2. The minimum absolute atomic E-state index is 0.584. The van der Waals surface area contributed by atoms with E-state index in [1.54, 1.807) is 0 Å². The average Bonchev–Trinajstić information content (AvgIpc) is 1.52. The standard InChI is InChI=1S/C78H51Cl3N6/c79-73-64(82(52-28-7-1-8-29-52)53-30-9-2-10-31-53)46-25-49-67(73)85-61-43-22-19-40-58(61)70-76(85)71-59-41-20-23-44-62(59)86(68-50-26-47-65(74(68)80)83(54-32-11-3-12-33-54)55-34-13-4-14-35-55)78(71)72-60-42-21-24-45-63(60)87(77(70)72)69-51-27-48-66(75(69)81)84(56-36-15-5-16-37-56)57-38-17-6-18-39-57/h1-51H. The van der Waals surface area contributed by atoms with Crippen LogP contribution in [0.25, 0.3) is 82.5 Å². The average molecular weight is 1180 g/mol. The summed E-state index contributed by atoms with van der Waals surface area (Å²) in [6.45, 7) is 0. The third kappa shape index (κ3) is 8.40. The molecule has 0 unspecified atom stereocenters. The smallest absolute Gasteiger partial charge is 0.0887 e. The number of para-hydroxylation sites is 9. The van der Waals surface area contributed by atoms with Crippen molar-refractivity contribution < 1.29 is 0 Å². The van der Waals surface area contributed by atoms with Crippen LogP contribution in [-0.2, 0) is 0 Å². The third-order valence-electron chi connectivity index (χ3n) is 16.7. The lowest BCUT2D eigenvalue weighted by molar-refractivity contribution is 1.16. The van der Waals surface area contributed by atoms with Gasteiger partial charge in [0.25, 0.3) is 0 Å². The van der Waals surface area contributed by atoms with Crippen LogP contribution in [0.15, 0.2) is 309 Å². The number of hydrogen-bond acceptors (Lipinski definition) is 3. The van der Waals surface area contributed by atoms with Crippen molar-refractivity contribution in [2.24, 2.45) is 0 Å². The summed E-state index contributed by atoms with van der Waals surface area (Å²) >= 11 is 24.6. The highest BCUT2D eigenvalue weighted by molar-refractivity contribution is 6.43. The van der Waals surface area contributed by atoms with Gasteiger partial charge in [-0.3, -0.25) is 0 Å². The van der Waals surface area contributed by atoms with Gasteiger partial charge in [-0.2, -0.15) is 0 Å². The van der Waals surface area contributed by atoms with Crippen molar-refractivity contribution in [3.8, 4) is 17.1 Å². The van der Waals surface area contributed by atoms with E-state index in [0.29, 0.717) is 15.1 Å². The van der Waals surface area contributed by atoms with Gasteiger partial charge in [-0.1, -0.05) is 217 Å². The first-order valence-electron chi connectivity index (χ1n) is 29.0. The second-order valence-electron chi connectivity index (χ2n) is 21.6. The Morgan fingerprint density at radius 1 is 0.207 bits per heavy atom. The maximum Gasteiger partial charge on any atom is 0.0887 e. The molecule has 0 aliphatic carbocycles. The highest BCUT2D eigenvalue weighted by atomic mass is 35.5. The topological polar surface area (TPSA) is 24.5 Å². The van der Waals surface area contributed by atoms with Crippen LogP contribution in [0.5, 0.6) is 0 Å². The summed E-state index contributed by atoms with van der Waals surface area (Å²) in [6.07, 6.45) is 0. The molecule has 0 spiro atoms. The van der Waals surface area contributed by atoms with Gasteiger partial charge in [0.15, 0.2) is 0 Å². The Bertz CT molecular complexity index is 4590. The summed E-state index contributed by atoms with van der Waals surface area (Å²) in [5, 5.41) is 8.03. The van der Waals surface area contributed by atoms with Gasteiger partial charge in [0.05, 0.1) is 82.3 Å². The number of nitrogens with zero attached hydrogens (tertiary/aromatic N) is 6. The lowest BCUT2D eigenvalue weighted by Crippen LogP contribution is -2.11. The summed E-state index contributed by atoms with van der Waals surface area (Å²) in [4.78, 5) is 6.72. The molecular formula is C78H51Cl3N6. The first-order valence-corrected chi connectivity index (χ1v) is 30.2. The van der Waals surface area contributed by atoms with Crippen LogP contribution in [0.3, 0.4) is 0 Å². The molecule has 0 aliphatic rings. The Morgan fingerprint density at radius 2 is 0.414 bits per heavy atom. The minimum Gasteiger partial charge on any atom is -0.309 e. The highest BCUT2D eigenvalue weighted by Gasteiger charge is 2.32. The predicted octanol–water partition coefficient (Wildman–Crippen LogP) is 23.3. The highest BCUT2D eigenvalue weighted by Crippen LogP contribution is 2.54. The van der Waals surface area contributed by atoms with E-state index in [2.05, 4.69) is 301 Å². The minimum atomic E-state index is 0.584. The van der Waals surface area contributed by atoms with Gasteiger partial charge in [-0.25, -0.2) is 0 Å². The van der Waals surface area contributed by atoms with Gasteiger partial charge in [0.2, 0.25) is 0 Å². The quantitative estimate of drug-likeness (QED) is 0.122. The van der Waals surface area contributed by atoms with Crippen LogP contribution < -0.4 is 14.7 Å². The maximum absolute atomic E-state index is 8.20. The second kappa shape index (κ2) is 21.5. The molecule has 13 aromatic carbocycles. The monoisotopic (exact) mass is 1180 g/mol. The van der Waals surface area contributed by atoms with Crippen LogP contribution in [-0.4, -0.2) is 13.7 Å². The van der Waals surface area contributed by atoms with Crippen LogP contribution in [0.1, 0.15) is 0 Å². The van der Waals surface area contributed by atoms with E-state index >= 15 is 0 Å². The van der Waals surface area contributed by atoms with Gasteiger partial charge in [0.1, 0.15) is 0 Å². The molecule has 0 aliphatic heterocycles. The summed E-state index contributed by atoms with van der Waals surface area (Å²) in [7, 11) is 0. The van der Waals surface area contributed by atoms with E-state index in [1.807, 2.05) is 36.4 Å². The molecule has 16 aromatic rings. The molecule has 3 heterocycles. The van der Waals surface area contributed by atoms with Crippen molar-refractivity contribution in [3.63, 3.8) is 0 Å². The molecule has 0 bridgehead atoms. The predicted molar refractivity (Wildman–Crippen MR) is 369 cm³/mol. The summed E-state index contributed by atoms with van der Waals surface area (Å²) in [6, 6.07) is 108. The van der Waals surface area contributed by atoms with E-state index in [0.717, 1.165) is 134 Å². The van der Waals surface area contributed by atoms with Crippen molar-refractivity contribution in [1.29, 1.82) is 0 Å². The SMILES string of the molecule is Clc1c(N(c2ccccc2)c2ccccc2)cccc1-n1c2ccccc2c2c1c1c3ccccc3n(-c3cccc(N(c4ccccc4)c4ccccc4)c3Cl)c1c1c3ccccc3n(-c3cccc(N(c4ccccc4)c4ccccc4)c3Cl)c21. The van der Waals surface area contributed by atoms with Gasteiger partial charge in [0, 0.05) is 66.4 Å². The number of anilines is 9. The maximum atomic E-state index is 8.20. The van der Waals surface area contributed by atoms with E-state index < -0.39 is 0 Å². The first-order chi connectivity index (χ1) is 43.0. The van der Waals surface area contributed by atoms with Crippen molar-refractivity contribution in [1.82, 2.24) is 13.7 Å². The zero-order valence-corrected chi connectivity index (χ0v) is 49.0. The van der Waals surface area contributed by atoms with Crippen molar-refractivity contribution >= 4 is 151 Å². The fourth-order valence-corrected chi connectivity index (χ4v) is 14.1. The Kier molecular flexibility index (Phi) is 12.9. The van der Waals surface area contributed by atoms with Gasteiger partial charge in [-0.15, -0.1) is 0 Å². The molecular weight excluding hydrogens is 1130 g/mol. The van der Waals surface area contributed by atoms with Gasteiger partial charge < -0.3 is 28.4 Å². The lowest BCUT2D eigenvalue weighted by Gasteiger charge is -2.27. The number of aromatic nitrogens is 3. The molecule has 0 saturated carbocycles. The molecule has 0 radical (unpaired) electrons. The third-order valence-corrected chi connectivity index (χ3v) is 17.9. The van der Waals surface area contributed by atoms with E-state index in [4.69, 9.17) is 34.8 Å². The molecule has 16 rings (SSSR count). The van der Waals surface area contributed by atoms with Crippen LogP contribution in [0, 0.1) is 0 Å². The summed E-state index contributed by atoms with van der Waals surface area (Å²) < 4.78 is 7.21. The zero-order chi connectivity index (χ0) is 58.1. The van der Waals surface area contributed by atoms with Crippen molar-refractivity contribution in [2.45, 2.75) is 0 Å². The molecule has 0 N–H and O–H groups in total. The second-order valence-corrected chi connectivity index (χ2v) is 22.7. The molecule has 0 amide bonds. The molecule has 6 nitrogen and oxygen atoms in total. The molecule has 414 valence electrons. The fraction of sp³-hybridized carbons (Fsp3) is 0. The molecule has 9 heteroatoms. The number of halogens is 3. The largest absolute Gasteiger partial charge is 0.309 e. The Balaban J connectivity index is 1.09. The van der Waals surface area contributed by atoms with E-state index in [1.165, 1.54) is 0 Å². The van der Waals surface area contributed by atoms with E-state index in [-0.39, 0.29) is 0 Å². The van der Waals surface area contributed by atoms with E-state index in [9.17, 15) is 0 Å². The Morgan fingerprint density at radius 3 is 0.644 bits per heavy atom. The number of fused-ring (bicyclic) bond motifs is 12. The zero-order valence-electron chi connectivity index (χ0n) is 46.8. The lowest BCUT2D eigenvalue weighted by atomic mass is 10.0. The van der Waals surface area contributed by atoms with Gasteiger partial charge in [-0.05, 0) is 127 Å². The summed E-state index contributed by atoms with van der Waals surface area (Å²) in [5.74, 6) is 0. The Hall–Kier alpha value is -10.5. The van der Waals surface area contributed by atoms with Crippen LogP contribution >= 0.6 is 34.8 Å². The molecule has 0 saturated heterocycles. The van der Waals surface area contributed by atoms with Gasteiger partial charge >= 0.3 is 0 Å². The van der Waals surface area contributed by atoms with Crippen LogP contribution in [0.2, 0.25) is 15.1 Å². The number of rotatable bonds is 12. The number of hydrogen-bond donors (Lipinski definition) is 0. The molecule has 87 heavy (non-hydrogen) atoms. The summed E-state index contributed by atoms with van der Waals surface area (Å²) in [5.41, 5.74) is 16.8. The Labute approximate surface area is 517 Å². The normalized spacial score (nSPS) is 11.6. The molecule has 0 atom stereocenters. The molecule has 0 fully saturated rings. The number of benzene rings is 13. The first kappa shape index (κ1) is 52.1. The molecule has 3 aromatic heterocycles. The van der Waals surface area contributed by atoms with Crippen molar-refractivity contribution in [2.75, 3.05) is 14.7 Å².